The summed E-state index contributed by atoms with van der Waals surface area (Å²) in [4.78, 5) is 0. The van der Waals surface area contributed by atoms with Gasteiger partial charge in [0.15, 0.2) is 0 Å². The molecule has 0 amide bonds. The minimum Gasteiger partial charge on any atom is -0.393 e. The standard InChI is InChI=1S/C12H16Cl2O/c1-2-10(15)7-3-5-9-6-4-8-11(13)12(9)14/h4,6,8,10,15H,2-3,5,7H2,1H3. The van der Waals surface area contributed by atoms with E-state index in [0.717, 1.165) is 31.2 Å². The molecule has 1 atom stereocenters. The fourth-order valence-electron chi connectivity index (χ4n) is 1.47. The lowest BCUT2D eigenvalue weighted by atomic mass is 10.0. The van der Waals surface area contributed by atoms with E-state index in [0.29, 0.717) is 10.0 Å². The van der Waals surface area contributed by atoms with Gasteiger partial charge in [-0.1, -0.05) is 42.3 Å². The summed E-state index contributed by atoms with van der Waals surface area (Å²) in [5.74, 6) is 0. The van der Waals surface area contributed by atoms with Crippen LogP contribution in [0.25, 0.3) is 0 Å². The Bertz CT molecular complexity index is 312. The number of aliphatic hydroxyl groups excluding tert-OH is 1. The van der Waals surface area contributed by atoms with E-state index in [1.54, 1.807) is 6.07 Å². The van der Waals surface area contributed by atoms with Crippen LogP contribution in [0, 0.1) is 0 Å². The highest BCUT2D eigenvalue weighted by molar-refractivity contribution is 6.42. The highest BCUT2D eigenvalue weighted by Crippen LogP contribution is 2.26. The third kappa shape index (κ3) is 4.02. The molecular formula is C12H16Cl2O. The molecule has 3 heteroatoms. The SMILES string of the molecule is CCC(O)CCCc1cccc(Cl)c1Cl. The van der Waals surface area contributed by atoms with Crippen LogP contribution in [0.1, 0.15) is 31.7 Å². The van der Waals surface area contributed by atoms with Gasteiger partial charge in [-0.25, -0.2) is 0 Å². The van der Waals surface area contributed by atoms with Crippen molar-refractivity contribution in [2.24, 2.45) is 0 Å². The first kappa shape index (κ1) is 12.8. The summed E-state index contributed by atoms with van der Waals surface area (Å²) in [5, 5.41) is 10.6. The Morgan fingerprint density at radius 2 is 2.07 bits per heavy atom. The van der Waals surface area contributed by atoms with Gasteiger partial charge in [0.05, 0.1) is 16.1 Å². The molecule has 0 saturated heterocycles. The maximum atomic E-state index is 9.40. The maximum absolute atomic E-state index is 9.40. The van der Waals surface area contributed by atoms with Crippen molar-refractivity contribution in [1.29, 1.82) is 0 Å². The first-order valence-electron chi connectivity index (χ1n) is 5.26. The van der Waals surface area contributed by atoms with Gasteiger partial charge in [-0.3, -0.25) is 0 Å². The van der Waals surface area contributed by atoms with E-state index in [9.17, 15) is 5.11 Å². The molecule has 84 valence electrons. The molecule has 0 spiro atoms. The van der Waals surface area contributed by atoms with Gasteiger partial charge in [-0.2, -0.15) is 0 Å². The molecule has 0 aliphatic rings. The minimum absolute atomic E-state index is 0.192. The van der Waals surface area contributed by atoms with Crippen molar-refractivity contribution in [3.8, 4) is 0 Å². The largest absolute Gasteiger partial charge is 0.393 e. The van der Waals surface area contributed by atoms with Crippen LogP contribution in [-0.2, 0) is 6.42 Å². The zero-order valence-corrected chi connectivity index (χ0v) is 10.4. The third-order valence-electron chi connectivity index (χ3n) is 2.49. The molecule has 0 bridgehead atoms. The predicted octanol–water partition coefficient (Wildman–Crippen LogP) is 4.09. The van der Waals surface area contributed by atoms with Crippen molar-refractivity contribution >= 4 is 23.2 Å². The number of aryl methyl sites for hydroxylation is 1. The molecule has 1 nitrogen and oxygen atoms in total. The van der Waals surface area contributed by atoms with Crippen molar-refractivity contribution < 1.29 is 5.11 Å². The molecule has 0 aliphatic heterocycles. The van der Waals surface area contributed by atoms with E-state index in [1.165, 1.54) is 0 Å². The maximum Gasteiger partial charge on any atom is 0.0624 e. The molecule has 0 radical (unpaired) electrons. The number of benzene rings is 1. The van der Waals surface area contributed by atoms with Crippen molar-refractivity contribution in [3.05, 3.63) is 33.8 Å². The van der Waals surface area contributed by atoms with Gasteiger partial charge in [-0.15, -0.1) is 0 Å². The van der Waals surface area contributed by atoms with Gasteiger partial charge in [-0.05, 0) is 37.3 Å². The van der Waals surface area contributed by atoms with Crippen LogP contribution in [0.5, 0.6) is 0 Å². The van der Waals surface area contributed by atoms with Crippen LogP contribution in [-0.4, -0.2) is 11.2 Å². The second-order valence-electron chi connectivity index (χ2n) is 3.67. The van der Waals surface area contributed by atoms with E-state index in [1.807, 2.05) is 19.1 Å². The molecule has 1 rings (SSSR count). The summed E-state index contributed by atoms with van der Waals surface area (Å²) in [7, 11) is 0. The first-order chi connectivity index (χ1) is 7.15. The molecular weight excluding hydrogens is 231 g/mol. The number of halogens is 2. The molecule has 0 heterocycles. The zero-order valence-electron chi connectivity index (χ0n) is 8.84. The van der Waals surface area contributed by atoms with Crippen LogP contribution in [0.4, 0.5) is 0 Å². The van der Waals surface area contributed by atoms with Gasteiger partial charge < -0.3 is 5.11 Å². The lowest BCUT2D eigenvalue weighted by Gasteiger charge is -2.08. The Kier molecular flexibility index (Phi) is 5.44. The Hall–Kier alpha value is -0.240. The van der Waals surface area contributed by atoms with E-state index >= 15 is 0 Å². The zero-order chi connectivity index (χ0) is 11.3. The van der Waals surface area contributed by atoms with E-state index < -0.39 is 0 Å². The second kappa shape index (κ2) is 6.37. The van der Waals surface area contributed by atoms with Crippen molar-refractivity contribution in [2.75, 3.05) is 0 Å². The Labute approximate surface area is 101 Å². The average molecular weight is 247 g/mol. The van der Waals surface area contributed by atoms with Gasteiger partial charge in [0.25, 0.3) is 0 Å². The van der Waals surface area contributed by atoms with E-state index in [2.05, 4.69) is 0 Å². The lowest BCUT2D eigenvalue weighted by Crippen LogP contribution is -2.04. The molecule has 0 saturated carbocycles. The minimum atomic E-state index is -0.192. The Morgan fingerprint density at radius 3 is 2.73 bits per heavy atom. The highest BCUT2D eigenvalue weighted by Gasteiger charge is 2.05. The lowest BCUT2D eigenvalue weighted by molar-refractivity contribution is 0.158. The van der Waals surface area contributed by atoms with Crippen molar-refractivity contribution in [2.45, 2.75) is 38.7 Å². The smallest absolute Gasteiger partial charge is 0.0624 e. The Balaban J connectivity index is 2.47. The monoisotopic (exact) mass is 246 g/mol. The van der Waals surface area contributed by atoms with E-state index in [-0.39, 0.29) is 6.10 Å². The molecule has 1 aromatic carbocycles. The topological polar surface area (TPSA) is 20.2 Å². The van der Waals surface area contributed by atoms with Crippen LogP contribution >= 0.6 is 23.2 Å². The molecule has 15 heavy (non-hydrogen) atoms. The highest BCUT2D eigenvalue weighted by atomic mass is 35.5. The first-order valence-corrected chi connectivity index (χ1v) is 6.01. The molecule has 0 fully saturated rings. The van der Waals surface area contributed by atoms with Gasteiger partial charge in [0, 0.05) is 0 Å². The van der Waals surface area contributed by atoms with Crippen molar-refractivity contribution in [1.82, 2.24) is 0 Å². The third-order valence-corrected chi connectivity index (χ3v) is 3.34. The normalized spacial score (nSPS) is 12.8. The van der Waals surface area contributed by atoms with Gasteiger partial charge in [0.2, 0.25) is 0 Å². The summed E-state index contributed by atoms with van der Waals surface area (Å²) in [6.07, 6.45) is 3.25. The Morgan fingerprint density at radius 1 is 1.33 bits per heavy atom. The molecule has 0 aromatic heterocycles. The van der Waals surface area contributed by atoms with E-state index in [4.69, 9.17) is 23.2 Å². The quantitative estimate of drug-likeness (QED) is 0.830. The summed E-state index contributed by atoms with van der Waals surface area (Å²) in [6.45, 7) is 1.98. The summed E-state index contributed by atoms with van der Waals surface area (Å²) in [6, 6.07) is 5.67. The fourth-order valence-corrected chi connectivity index (χ4v) is 1.89. The van der Waals surface area contributed by atoms with Crippen LogP contribution < -0.4 is 0 Å². The van der Waals surface area contributed by atoms with Gasteiger partial charge in [0.1, 0.15) is 0 Å². The fraction of sp³-hybridized carbons (Fsp3) is 0.500. The van der Waals surface area contributed by atoms with Gasteiger partial charge >= 0.3 is 0 Å². The number of rotatable bonds is 5. The van der Waals surface area contributed by atoms with Crippen LogP contribution in [0.3, 0.4) is 0 Å². The molecule has 1 aromatic rings. The molecule has 0 aliphatic carbocycles. The van der Waals surface area contributed by atoms with Crippen LogP contribution in [0.2, 0.25) is 10.0 Å². The summed E-state index contributed by atoms with van der Waals surface area (Å²) in [5.41, 5.74) is 1.06. The number of hydrogen-bond acceptors (Lipinski definition) is 1. The number of hydrogen-bond donors (Lipinski definition) is 1. The van der Waals surface area contributed by atoms with Crippen LogP contribution in [0.15, 0.2) is 18.2 Å². The molecule has 1 unspecified atom stereocenters. The van der Waals surface area contributed by atoms with Crippen molar-refractivity contribution in [3.63, 3.8) is 0 Å². The average Bonchev–Trinajstić information content (AvgIpc) is 2.24. The number of aliphatic hydroxyl groups is 1. The summed E-state index contributed by atoms with van der Waals surface area (Å²) >= 11 is 11.9. The molecule has 1 N–H and O–H groups in total. The second-order valence-corrected chi connectivity index (χ2v) is 4.45. The predicted molar refractivity (Wildman–Crippen MR) is 65.7 cm³/mol. The summed E-state index contributed by atoms with van der Waals surface area (Å²) < 4.78 is 0.